The summed E-state index contributed by atoms with van der Waals surface area (Å²) in [5.41, 5.74) is 5.64. The van der Waals surface area contributed by atoms with Gasteiger partial charge in [-0.25, -0.2) is 0 Å². The summed E-state index contributed by atoms with van der Waals surface area (Å²) in [6.45, 7) is 3.02. The number of halogens is 1. The van der Waals surface area contributed by atoms with Crippen molar-refractivity contribution in [1.29, 1.82) is 0 Å². The fraction of sp³-hybridized carbons (Fsp3) is 0.846. The van der Waals surface area contributed by atoms with E-state index in [0.29, 0.717) is 50.3 Å². The number of nitrogens with two attached hydrogens (primary N) is 1. The molecular weight excluding hydrogens is 314 g/mol. The van der Waals surface area contributed by atoms with E-state index in [1.54, 1.807) is 4.90 Å². The lowest BCUT2D eigenvalue weighted by Gasteiger charge is -2.26. The summed E-state index contributed by atoms with van der Waals surface area (Å²) >= 11 is 1.36. The van der Waals surface area contributed by atoms with Crippen molar-refractivity contribution in [2.45, 2.75) is 18.9 Å². The molecule has 2 fully saturated rings. The van der Waals surface area contributed by atoms with E-state index < -0.39 is 0 Å². The van der Waals surface area contributed by atoms with Crippen molar-refractivity contribution in [2.24, 2.45) is 11.7 Å². The fourth-order valence-electron chi connectivity index (χ4n) is 2.25. The Kier molecular flexibility index (Phi) is 8.39. The number of carbonyl (C=O) groups excluding carboxylic acids is 2. The molecule has 1 heterocycles. The molecule has 8 heteroatoms. The van der Waals surface area contributed by atoms with Gasteiger partial charge in [0, 0.05) is 25.7 Å². The van der Waals surface area contributed by atoms with Crippen molar-refractivity contribution in [3.63, 3.8) is 0 Å². The van der Waals surface area contributed by atoms with Crippen molar-refractivity contribution < 1.29 is 14.3 Å². The van der Waals surface area contributed by atoms with Crippen LogP contribution in [0.25, 0.3) is 0 Å². The Morgan fingerprint density at radius 3 is 2.52 bits per heavy atom. The van der Waals surface area contributed by atoms with Gasteiger partial charge in [-0.3, -0.25) is 9.59 Å². The molecule has 1 aliphatic carbocycles. The standard InChI is InChI=1S/C13H23N3O3S.ClH/c14-7-11(10-1-2-10)15-12(17)8-20-9-13(18)16-3-5-19-6-4-16;/h10-11H,1-9,14H2,(H,15,17);1H. The molecule has 2 amide bonds. The van der Waals surface area contributed by atoms with Gasteiger partial charge in [-0.1, -0.05) is 0 Å². The Balaban J connectivity index is 0.00000220. The number of carbonyl (C=O) groups is 2. The number of rotatable bonds is 7. The van der Waals surface area contributed by atoms with Crippen LogP contribution in [0, 0.1) is 5.92 Å². The molecule has 0 bridgehead atoms. The molecule has 1 aliphatic heterocycles. The minimum Gasteiger partial charge on any atom is -0.378 e. The average molecular weight is 338 g/mol. The number of nitrogens with zero attached hydrogens (tertiary/aromatic N) is 1. The molecule has 1 unspecified atom stereocenters. The van der Waals surface area contributed by atoms with Crippen LogP contribution in [-0.4, -0.2) is 67.1 Å². The first kappa shape index (κ1) is 18.5. The summed E-state index contributed by atoms with van der Waals surface area (Å²) < 4.78 is 5.20. The maximum Gasteiger partial charge on any atom is 0.232 e. The number of thioether (sulfide) groups is 1. The van der Waals surface area contributed by atoms with Crippen LogP contribution < -0.4 is 11.1 Å². The molecular formula is C13H24ClN3O3S. The van der Waals surface area contributed by atoms with E-state index in [2.05, 4.69) is 5.32 Å². The van der Waals surface area contributed by atoms with E-state index in [-0.39, 0.29) is 30.3 Å². The minimum absolute atomic E-state index is 0. The third kappa shape index (κ3) is 6.42. The van der Waals surface area contributed by atoms with Crippen molar-refractivity contribution >= 4 is 36.0 Å². The number of ether oxygens (including phenoxy) is 1. The maximum absolute atomic E-state index is 11.9. The second-order valence-electron chi connectivity index (χ2n) is 5.23. The Hall–Kier alpha value is -0.500. The Labute approximate surface area is 135 Å². The largest absolute Gasteiger partial charge is 0.378 e. The molecule has 0 aromatic rings. The van der Waals surface area contributed by atoms with Gasteiger partial charge in [-0.2, -0.15) is 0 Å². The Bertz CT molecular complexity index is 350. The van der Waals surface area contributed by atoms with Crippen molar-refractivity contribution in [3.05, 3.63) is 0 Å². The first-order valence-electron chi connectivity index (χ1n) is 7.13. The third-order valence-electron chi connectivity index (χ3n) is 3.61. The van der Waals surface area contributed by atoms with E-state index in [4.69, 9.17) is 10.5 Å². The zero-order valence-electron chi connectivity index (χ0n) is 12.1. The van der Waals surface area contributed by atoms with Crippen LogP contribution in [0.2, 0.25) is 0 Å². The summed E-state index contributed by atoms with van der Waals surface area (Å²) in [4.78, 5) is 25.4. The van der Waals surface area contributed by atoms with E-state index in [9.17, 15) is 9.59 Å². The number of hydrogen-bond donors (Lipinski definition) is 2. The highest BCUT2D eigenvalue weighted by Crippen LogP contribution is 2.32. The highest BCUT2D eigenvalue weighted by Gasteiger charge is 2.31. The van der Waals surface area contributed by atoms with Gasteiger partial charge in [0.25, 0.3) is 0 Å². The van der Waals surface area contributed by atoms with E-state index in [1.165, 1.54) is 11.8 Å². The zero-order chi connectivity index (χ0) is 14.4. The molecule has 2 rings (SSSR count). The van der Waals surface area contributed by atoms with Crippen molar-refractivity contribution in [2.75, 3.05) is 44.4 Å². The SMILES string of the molecule is Cl.NCC(NC(=O)CSCC(=O)N1CCOCC1)C1CC1. The van der Waals surface area contributed by atoms with Gasteiger partial charge < -0.3 is 20.7 Å². The normalized spacial score (nSPS) is 19.6. The Morgan fingerprint density at radius 1 is 1.29 bits per heavy atom. The summed E-state index contributed by atoms with van der Waals surface area (Å²) in [7, 11) is 0. The van der Waals surface area contributed by atoms with Crippen LogP contribution in [0.4, 0.5) is 0 Å². The first-order valence-corrected chi connectivity index (χ1v) is 8.29. The quantitative estimate of drug-likeness (QED) is 0.675. The number of morpholine rings is 1. The highest BCUT2D eigenvalue weighted by atomic mass is 35.5. The van der Waals surface area contributed by atoms with Crippen molar-refractivity contribution in [3.8, 4) is 0 Å². The van der Waals surface area contributed by atoms with Gasteiger partial charge in [0.05, 0.1) is 24.7 Å². The molecule has 6 nitrogen and oxygen atoms in total. The molecule has 0 aromatic heterocycles. The lowest BCUT2D eigenvalue weighted by molar-refractivity contribution is -0.132. The number of amides is 2. The molecule has 1 atom stereocenters. The molecule has 1 saturated heterocycles. The smallest absolute Gasteiger partial charge is 0.232 e. The monoisotopic (exact) mass is 337 g/mol. The first-order chi connectivity index (χ1) is 9.70. The van der Waals surface area contributed by atoms with Crippen molar-refractivity contribution in [1.82, 2.24) is 10.2 Å². The number of hydrogen-bond acceptors (Lipinski definition) is 5. The maximum atomic E-state index is 11.9. The lowest BCUT2D eigenvalue weighted by atomic mass is 10.2. The van der Waals surface area contributed by atoms with Crippen LogP contribution in [0.5, 0.6) is 0 Å². The van der Waals surface area contributed by atoms with Gasteiger partial charge in [-0.05, 0) is 18.8 Å². The van der Waals surface area contributed by atoms with Crippen LogP contribution >= 0.6 is 24.2 Å². The van der Waals surface area contributed by atoms with Gasteiger partial charge in [0.15, 0.2) is 0 Å². The molecule has 21 heavy (non-hydrogen) atoms. The third-order valence-corrected chi connectivity index (χ3v) is 4.53. The lowest BCUT2D eigenvalue weighted by Crippen LogP contribution is -2.43. The van der Waals surface area contributed by atoms with Crippen LogP contribution in [-0.2, 0) is 14.3 Å². The number of nitrogens with one attached hydrogen (secondary N) is 1. The topological polar surface area (TPSA) is 84.7 Å². The van der Waals surface area contributed by atoms with Crippen LogP contribution in [0.1, 0.15) is 12.8 Å². The van der Waals surface area contributed by atoms with Crippen LogP contribution in [0.3, 0.4) is 0 Å². The van der Waals surface area contributed by atoms with Gasteiger partial charge in [-0.15, -0.1) is 24.2 Å². The molecule has 122 valence electrons. The summed E-state index contributed by atoms with van der Waals surface area (Å²) in [5, 5.41) is 2.95. The Morgan fingerprint density at radius 2 is 1.95 bits per heavy atom. The van der Waals surface area contributed by atoms with E-state index in [1.807, 2.05) is 0 Å². The minimum atomic E-state index is -0.0212. The predicted molar refractivity (Wildman–Crippen MR) is 85.7 cm³/mol. The van der Waals surface area contributed by atoms with E-state index in [0.717, 1.165) is 12.8 Å². The second kappa shape index (κ2) is 9.50. The predicted octanol–water partition coefficient (Wildman–Crippen LogP) is -0.146. The zero-order valence-corrected chi connectivity index (χ0v) is 13.7. The molecule has 0 radical (unpaired) electrons. The molecule has 1 saturated carbocycles. The summed E-state index contributed by atoms with van der Waals surface area (Å²) in [6.07, 6.45) is 2.32. The van der Waals surface area contributed by atoms with E-state index >= 15 is 0 Å². The summed E-state index contributed by atoms with van der Waals surface area (Å²) in [6, 6.07) is 0.109. The highest BCUT2D eigenvalue weighted by molar-refractivity contribution is 8.00. The molecule has 2 aliphatic rings. The van der Waals surface area contributed by atoms with Crippen LogP contribution in [0.15, 0.2) is 0 Å². The van der Waals surface area contributed by atoms with Gasteiger partial charge in [0.2, 0.25) is 11.8 Å². The average Bonchev–Trinajstić information content (AvgIpc) is 3.30. The fourth-order valence-corrected chi connectivity index (χ4v) is 2.98. The molecule has 3 N–H and O–H groups in total. The molecule has 0 aromatic carbocycles. The molecule has 0 spiro atoms. The van der Waals surface area contributed by atoms with Gasteiger partial charge in [0.1, 0.15) is 0 Å². The van der Waals surface area contributed by atoms with Gasteiger partial charge >= 0.3 is 0 Å². The second-order valence-corrected chi connectivity index (χ2v) is 6.22. The summed E-state index contributed by atoms with van der Waals surface area (Å²) in [5.74, 6) is 1.29.